The molecule has 0 aliphatic carbocycles. The van der Waals surface area contributed by atoms with Gasteiger partial charge in [-0.25, -0.2) is 0 Å². The Hall–Kier alpha value is -1.17. The fraction of sp³-hybridized carbons (Fsp3) is 0. The van der Waals surface area contributed by atoms with Crippen LogP contribution in [0.5, 0.6) is 5.88 Å². The van der Waals surface area contributed by atoms with Gasteiger partial charge in [0.1, 0.15) is 0 Å². The van der Waals surface area contributed by atoms with E-state index in [4.69, 9.17) is 10.8 Å². The van der Waals surface area contributed by atoms with Gasteiger partial charge in [-0.2, -0.15) is 4.98 Å². The van der Waals surface area contributed by atoms with Crippen LogP contribution in [0.15, 0.2) is 5.18 Å². The number of hydrogen-bond acceptors (Lipinski definition) is 6. The van der Waals surface area contributed by atoms with Crippen molar-refractivity contribution in [3.8, 4) is 5.88 Å². The van der Waals surface area contributed by atoms with E-state index in [1.54, 1.807) is 0 Å². The van der Waals surface area contributed by atoms with Crippen molar-refractivity contribution in [1.82, 2.24) is 4.98 Å². The summed E-state index contributed by atoms with van der Waals surface area (Å²) in [6.45, 7) is 0. The highest BCUT2D eigenvalue weighted by atomic mass is 32.1. The maximum Gasteiger partial charge on any atom is 0.254 e. The third-order valence-electron chi connectivity index (χ3n) is 0.692. The first-order chi connectivity index (χ1) is 4.24. The number of aromatic nitrogens is 1. The van der Waals surface area contributed by atoms with Crippen LogP contribution in [0.3, 0.4) is 0 Å². The zero-order valence-corrected chi connectivity index (χ0v) is 5.05. The lowest BCUT2D eigenvalue weighted by molar-refractivity contribution is 0.459. The summed E-state index contributed by atoms with van der Waals surface area (Å²) in [6.07, 6.45) is 0. The minimum atomic E-state index is -0.396. The molecule has 1 aromatic heterocycles. The summed E-state index contributed by atoms with van der Waals surface area (Å²) < 4.78 is 0. The Kier molecular flexibility index (Phi) is 1.31. The summed E-state index contributed by atoms with van der Waals surface area (Å²) in [5, 5.41) is 11.2. The van der Waals surface area contributed by atoms with Gasteiger partial charge in [0.05, 0.1) is 0 Å². The molecule has 0 aliphatic heterocycles. The van der Waals surface area contributed by atoms with Crippen LogP contribution in [0.4, 0.5) is 10.1 Å². The Bertz CT molecular complexity index is 233. The lowest BCUT2D eigenvalue weighted by atomic mass is 10.8. The monoisotopic (exact) mass is 145 g/mol. The van der Waals surface area contributed by atoms with E-state index in [-0.39, 0.29) is 10.1 Å². The van der Waals surface area contributed by atoms with Crippen LogP contribution in [0.2, 0.25) is 0 Å². The number of hydrogen-bond donors (Lipinski definition) is 2. The number of rotatable bonds is 1. The third kappa shape index (κ3) is 0.968. The number of nitrogens with zero attached hydrogens (tertiary/aromatic N) is 2. The van der Waals surface area contributed by atoms with E-state index in [2.05, 4.69) is 10.2 Å². The first-order valence-corrected chi connectivity index (χ1v) is 2.84. The lowest BCUT2D eigenvalue weighted by Gasteiger charge is -1.75. The largest absolute Gasteiger partial charge is 0.491 e. The van der Waals surface area contributed by atoms with Gasteiger partial charge in [0.25, 0.3) is 5.88 Å². The zero-order chi connectivity index (χ0) is 6.85. The number of aromatic hydroxyl groups is 1. The molecule has 0 radical (unpaired) electrons. The molecule has 0 saturated heterocycles. The molecule has 1 rings (SSSR count). The summed E-state index contributed by atoms with van der Waals surface area (Å²) in [4.78, 5) is 13.1. The summed E-state index contributed by atoms with van der Waals surface area (Å²) in [5.74, 6) is -0.396. The van der Waals surface area contributed by atoms with E-state index >= 15 is 0 Å². The topological polar surface area (TPSA) is 88.6 Å². The SMILES string of the molecule is Nc1nc(O)c(N=O)s1. The fourth-order valence-corrected chi connectivity index (χ4v) is 0.884. The van der Waals surface area contributed by atoms with Gasteiger partial charge in [-0.1, -0.05) is 11.3 Å². The van der Waals surface area contributed by atoms with E-state index in [1.165, 1.54) is 0 Å². The maximum atomic E-state index is 9.75. The Balaban J connectivity index is 3.15. The van der Waals surface area contributed by atoms with Gasteiger partial charge in [-0.05, 0) is 5.18 Å². The normalized spacial score (nSPS) is 9.33. The van der Waals surface area contributed by atoms with Crippen molar-refractivity contribution in [3.63, 3.8) is 0 Å². The standard InChI is InChI=1S/C3H3N3O2S/c4-3-5-1(7)2(6-8)9-3/h7H,(H2,4,5). The second-order valence-corrected chi connectivity index (χ2v) is 2.28. The van der Waals surface area contributed by atoms with E-state index in [1.807, 2.05) is 0 Å². The molecular formula is C3H3N3O2S. The fourth-order valence-electron chi connectivity index (χ4n) is 0.379. The predicted molar refractivity (Wildman–Crippen MR) is 33.6 cm³/mol. The molecule has 5 nitrogen and oxygen atoms in total. The molecule has 0 spiro atoms. The van der Waals surface area contributed by atoms with Gasteiger partial charge in [-0.3, -0.25) is 0 Å². The number of nitrogens with two attached hydrogens (primary N) is 1. The minimum Gasteiger partial charge on any atom is -0.491 e. The number of nitroso groups, excluding NO2 is 1. The highest BCUT2D eigenvalue weighted by molar-refractivity contribution is 7.19. The van der Waals surface area contributed by atoms with Crippen molar-refractivity contribution in [2.45, 2.75) is 0 Å². The lowest BCUT2D eigenvalue weighted by Crippen LogP contribution is -1.78. The second kappa shape index (κ2) is 1.98. The summed E-state index contributed by atoms with van der Waals surface area (Å²) in [5.41, 5.74) is 5.10. The molecule has 3 N–H and O–H groups in total. The van der Waals surface area contributed by atoms with Gasteiger partial charge in [0.2, 0.25) is 5.00 Å². The molecule has 1 aromatic rings. The first kappa shape index (κ1) is 5.96. The van der Waals surface area contributed by atoms with Crippen molar-refractivity contribution in [2.75, 3.05) is 5.73 Å². The van der Waals surface area contributed by atoms with E-state index in [0.29, 0.717) is 0 Å². The first-order valence-electron chi connectivity index (χ1n) is 2.02. The zero-order valence-electron chi connectivity index (χ0n) is 4.24. The highest BCUT2D eigenvalue weighted by Crippen LogP contribution is 2.33. The average Bonchev–Trinajstić information content (AvgIpc) is 2.10. The van der Waals surface area contributed by atoms with Gasteiger partial charge < -0.3 is 10.8 Å². The Labute approximate surface area is 54.1 Å². The number of anilines is 1. The van der Waals surface area contributed by atoms with Crippen molar-refractivity contribution >= 4 is 21.5 Å². The van der Waals surface area contributed by atoms with Crippen LogP contribution in [0, 0.1) is 4.91 Å². The minimum absolute atomic E-state index is 0.0764. The molecule has 0 aromatic carbocycles. The highest BCUT2D eigenvalue weighted by Gasteiger charge is 2.06. The molecule has 0 saturated carbocycles. The van der Waals surface area contributed by atoms with E-state index < -0.39 is 5.88 Å². The van der Waals surface area contributed by atoms with Gasteiger partial charge in [0, 0.05) is 0 Å². The predicted octanol–water partition coefficient (Wildman–Crippen LogP) is 0.829. The number of thiazole rings is 1. The van der Waals surface area contributed by atoms with E-state index in [9.17, 15) is 4.91 Å². The average molecular weight is 145 g/mol. The van der Waals surface area contributed by atoms with Crippen LogP contribution < -0.4 is 5.73 Å². The third-order valence-corrected chi connectivity index (χ3v) is 1.44. The molecule has 0 unspecified atom stereocenters. The number of nitrogen functional groups attached to an aromatic ring is 1. The van der Waals surface area contributed by atoms with Crippen LogP contribution >= 0.6 is 11.3 Å². The van der Waals surface area contributed by atoms with Gasteiger partial charge in [-0.15, -0.1) is 4.91 Å². The molecule has 0 aliphatic rings. The van der Waals surface area contributed by atoms with Crippen LogP contribution in [-0.4, -0.2) is 10.1 Å². The summed E-state index contributed by atoms with van der Waals surface area (Å²) in [7, 11) is 0. The van der Waals surface area contributed by atoms with Gasteiger partial charge in [0.15, 0.2) is 5.13 Å². The van der Waals surface area contributed by atoms with Crippen molar-refractivity contribution in [2.24, 2.45) is 5.18 Å². The smallest absolute Gasteiger partial charge is 0.254 e. The van der Waals surface area contributed by atoms with Crippen molar-refractivity contribution in [1.29, 1.82) is 0 Å². The Morgan fingerprint density at radius 2 is 2.44 bits per heavy atom. The second-order valence-electron chi connectivity index (χ2n) is 1.27. The van der Waals surface area contributed by atoms with Gasteiger partial charge >= 0.3 is 0 Å². The molecular weight excluding hydrogens is 142 g/mol. The van der Waals surface area contributed by atoms with E-state index in [0.717, 1.165) is 11.3 Å². The molecule has 0 fully saturated rings. The van der Waals surface area contributed by atoms with Crippen molar-refractivity contribution in [3.05, 3.63) is 4.91 Å². The molecule has 0 amide bonds. The molecule has 1 heterocycles. The Morgan fingerprint density at radius 1 is 1.78 bits per heavy atom. The Morgan fingerprint density at radius 3 is 2.67 bits per heavy atom. The molecule has 9 heavy (non-hydrogen) atoms. The molecule has 6 heteroatoms. The quantitative estimate of drug-likeness (QED) is 0.573. The van der Waals surface area contributed by atoms with Crippen LogP contribution in [-0.2, 0) is 0 Å². The maximum absolute atomic E-state index is 9.75. The van der Waals surface area contributed by atoms with Crippen LogP contribution in [0.1, 0.15) is 0 Å². The molecule has 0 bridgehead atoms. The molecule has 0 atom stereocenters. The summed E-state index contributed by atoms with van der Waals surface area (Å²) >= 11 is 0.852. The van der Waals surface area contributed by atoms with Crippen LogP contribution in [0.25, 0.3) is 0 Å². The van der Waals surface area contributed by atoms with Crippen molar-refractivity contribution < 1.29 is 5.11 Å². The molecule has 48 valence electrons. The summed E-state index contributed by atoms with van der Waals surface area (Å²) in [6, 6.07) is 0.